The van der Waals surface area contributed by atoms with Gasteiger partial charge in [-0.15, -0.1) is 0 Å². The second-order valence-electron chi connectivity index (χ2n) is 5.76. The molecule has 24 heavy (non-hydrogen) atoms. The van der Waals surface area contributed by atoms with Crippen molar-refractivity contribution in [3.05, 3.63) is 48.6 Å². The number of esters is 1. The molecule has 0 bridgehead atoms. The summed E-state index contributed by atoms with van der Waals surface area (Å²) in [4.78, 5) is 10.9. The average molecular weight is 335 g/mol. The molecule has 0 aliphatic carbocycles. The molecule has 0 saturated carbocycles. The van der Waals surface area contributed by atoms with Crippen molar-refractivity contribution in [2.75, 3.05) is 7.11 Å². The van der Waals surface area contributed by atoms with E-state index in [1.807, 2.05) is 12.2 Å². The number of carbonyl (C=O) groups excluding carboxylic acids is 1. The molecule has 1 atom stereocenters. The summed E-state index contributed by atoms with van der Waals surface area (Å²) in [6.07, 6.45) is 24.4. The van der Waals surface area contributed by atoms with Gasteiger partial charge in [-0.1, -0.05) is 68.4 Å². The summed E-state index contributed by atoms with van der Waals surface area (Å²) in [7, 11) is 1.38. The van der Waals surface area contributed by atoms with Gasteiger partial charge in [-0.05, 0) is 38.5 Å². The van der Waals surface area contributed by atoms with Crippen LogP contribution in [0.25, 0.3) is 0 Å². The molecule has 0 aliphatic rings. The van der Waals surface area contributed by atoms with Gasteiger partial charge >= 0.3 is 5.97 Å². The first-order valence-electron chi connectivity index (χ1n) is 9.08. The maximum atomic E-state index is 10.9. The van der Waals surface area contributed by atoms with Crippen LogP contribution in [0.5, 0.6) is 0 Å². The highest BCUT2D eigenvalue weighted by Crippen LogP contribution is 2.03. The Morgan fingerprint density at radius 2 is 1.71 bits per heavy atom. The summed E-state index contributed by atoms with van der Waals surface area (Å²) < 4.78 is 4.55. The molecule has 136 valence electrons. The van der Waals surface area contributed by atoms with Crippen LogP contribution in [0.2, 0.25) is 0 Å². The SMILES string of the molecule is CCCCC/C=C\C/C=C\C/C=C\C=C\[C@H](O)CCCC(=O)OC. The summed E-state index contributed by atoms with van der Waals surface area (Å²) in [6, 6.07) is 0. The summed E-state index contributed by atoms with van der Waals surface area (Å²) >= 11 is 0. The Bertz CT molecular complexity index is 405. The molecule has 0 aromatic rings. The second kappa shape index (κ2) is 17.7. The summed E-state index contributed by atoms with van der Waals surface area (Å²) in [5.41, 5.74) is 0. The van der Waals surface area contributed by atoms with E-state index in [0.29, 0.717) is 19.3 Å². The Hall–Kier alpha value is -1.61. The van der Waals surface area contributed by atoms with E-state index in [0.717, 1.165) is 12.8 Å². The molecule has 0 aromatic heterocycles. The lowest BCUT2D eigenvalue weighted by molar-refractivity contribution is -0.140. The van der Waals surface area contributed by atoms with Gasteiger partial charge in [0.05, 0.1) is 13.2 Å². The molecular weight excluding hydrogens is 300 g/mol. The van der Waals surface area contributed by atoms with Crippen LogP contribution in [0.15, 0.2) is 48.6 Å². The fourth-order valence-corrected chi connectivity index (χ4v) is 2.08. The number of rotatable bonds is 14. The highest BCUT2D eigenvalue weighted by molar-refractivity contribution is 5.68. The summed E-state index contributed by atoms with van der Waals surface area (Å²) in [5, 5.41) is 9.72. The minimum Gasteiger partial charge on any atom is -0.469 e. The molecular formula is C21H34O3. The van der Waals surface area contributed by atoms with Gasteiger partial charge in [0.25, 0.3) is 0 Å². The first-order valence-corrected chi connectivity index (χ1v) is 9.08. The number of allylic oxidation sites excluding steroid dienone is 7. The Morgan fingerprint density at radius 3 is 2.42 bits per heavy atom. The van der Waals surface area contributed by atoms with Crippen LogP contribution in [-0.4, -0.2) is 24.3 Å². The Labute approximate surface area is 147 Å². The topological polar surface area (TPSA) is 46.5 Å². The van der Waals surface area contributed by atoms with Crippen LogP contribution in [0.3, 0.4) is 0 Å². The van der Waals surface area contributed by atoms with Crippen LogP contribution in [0, 0.1) is 0 Å². The molecule has 0 unspecified atom stereocenters. The Morgan fingerprint density at radius 1 is 1.00 bits per heavy atom. The van der Waals surface area contributed by atoms with Gasteiger partial charge in [0.15, 0.2) is 0 Å². The molecule has 1 N–H and O–H groups in total. The van der Waals surface area contributed by atoms with Crippen LogP contribution in [0.1, 0.15) is 64.7 Å². The molecule has 3 heteroatoms. The van der Waals surface area contributed by atoms with E-state index < -0.39 is 6.10 Å². The molecule has 0 spiro atoms. The van der Waals surface area contributed by atoms with Crippen LogP contribution >= 0.6 is 0 Å². The molecule has 0 heterocycles. The molecule has 0 radical (unpaired) electrons. The number of ether oxygens (including phenoxy) is 1. The van der Waals surface area contributed by atoms with Crippen LogP contribution < -0.4 is 0 Å². The number of aliphatic hydroxyl groups excluding tert-OH is 1. The van der Waals surface area contributed by atoms with Gasteiger partial charge in [-0.25, -0.2) is 0 Å². The van der Waals surface area contributed by atoms with Gasteiger partial charge in [-0.2, -0.15) is 0 Å². The molecule has 0 fully saturated rings. The van der Waals surface area contributed by atoms with Crippen molar-refractivity contribution in [2.24, 2.45) is 0 Å². The van der Waals surface area contributed by atoms with Crippen molar-refractivity contribution in [2.45, 2.75) is 70.8 Å². The average Bonchev–Trinajstić information content (AvgIpc) is 2.58. The Kier molecular flexibility index (Phi) is 16.5. The minimum absolute atomic E-state index is 0.228. The summed E-state index contributed by atoms with van der Waals surface area (Å²) in [5.74, 6) is -0.228. The van der Waals surface area contributed by atoms with Crippen molar-refractivity contribution < 1.29 is 14.6 Å². The van der Waals surface area contributed by atoms with Crippen molar-refractivity contribution in [1.29, 1.82) is 0 Å². The highest BCUT2D eigenvalue weighted by Gasteiger charge is 2.02. The van der Waals surface area contributed by atoms with Crippen LogP contribution in [0.4, 0.5) is 0 Å². The first kappa shape index (κ1) is 22.4. The van der Waals surface area contributed by atoms with Crippen LogP contribution in [-0.2, 0) is 9.53 Å². The minimum atomic E-state index is -0.507. The van der Waals surface area contributed by atoms with E-state index in [4.69, 9.17) is 0 Å². The second-order valence-corrected chi connectivity index (χ2v) is 5.76. The van der Waals surface area contributed by atoms with E-state index in [1.54, 1.807) is 6.08 Å². The predicted molar refractivity (Wildman–Crippen MR) is 102 cm³/mol. The monoisotopic (exact) mass is 334 g/mol. The quantitative estimate of drug-likeness (QED) is 0.203. The zero-order valence-electron chi connectivity index (χ0n) is 15.3. The van der Waals surface area contributed by atoms with E-state index in [1.165, 1.54) is 32.8 Å². The first-order chi connectivity index (χ1) is 11.7. The molecule has 0 saturated heterocycles. The molecule has 0 aromatic carbocycles. The van der Waals surface area contributed by atoms with E-state index >= 15 is 0 Å². The largest absolute Gasteiger partial charge is 0.469 e. The number of carbonyl (C=O) groups is 1. The zero-order valence-corrected chi connectivity index (χ0v) is 15.3. The lowest BCUT2D eigenvalue weighted by Gasteiger charge is -2.03. The van der Waals surface area contributed by atoms with Crippen molar-refractivity contribution in [1.82, 2.24) is 0 Å². The van der Waals surface area contributed by atoms with Gasteiger partial charge in [-0.3, -0.25) is 4.79 Å². The Balaban J connectivity index is 3.62. The maximum Gasteiger partial charge on any atom is 0.305 e. The maximum absolute atomic E-state index is 10.9. The molecule has 0 amide bonds. The lowest BCUT2D eigenvalue weighted by Crippen LogP contribution is -2.05. The number of aliphatic hydroxyl groups is 1. The highest BCUT2D eigenvalue weighted by atomic mass is 16.5. The van der Waals surface area contributed by atoms with Gasteiger partial charge in [0.2, 0.25) is 0 Å². The zero-order chi connectivity index (χ0) is 17.9. The third-order valence-corrected chi connectivity index (χ3v) is 3.54. The smallest absolute Gasteiger partial charge is 0.305 e. The standard InChI is InChI=1S/C21H34O3/c1-3-4-5-6-7-8-9-10-11-12-13-14-15-17-20(22)18-16-19-21(23)24-2/h7-8,10-11,13-15,17,20,22H,3-6,9,12,16,18-19H2,1-2H3/b8-7-,11-10-,14-13-,17-15+/t20-/m0/s1. The number of hydrogen-bond acceptors (Lipinski definition) is 3. The van der Waals surface area contributed by atoms with Gasteiger partial charge in [0, 0.05) is 6.42 Å². The fraction of sp³-hybridized carbons (Fsp3) is 0.571. The fourth-order valence-electron chi connectivity index (χ4n) is 2.08. The van der Waals surface area contributed by atoms with Gasteiger partial charge in [0.1, 0.15) is 0 Å². The third kappa shape index (κ3) is 16.8. The lowest BCUT2D eigenvalue weighted by atomic mass is 10.1. The van der Waals surface area contributed by atoms with Crippen molar-refractivity contribution >= 4 is 5.97 Å². The normalized spacial score (nSPS) is 13.6. The van der Waals surface area contributed by atoms with Gasteiger partial charge < -0.3 is 9.84 Å². The number of hydrogen-bond donors (Lipinski definition) is 1. The van der Waals surface area contributed by atoms with E-state index in [9.17, 15) is 9.90 Å². The van der Waals surface area contributed by atoms with Crippen molar-refractivity contribution in [3.63, 3.8) is 0 Å². The molecule has 0 rings (SSSR count). The van der Waals surface area contributed by atoms with Crippen molar-refractivity contribution in [3.8, 4) is 0 Å². The summed E-state index contributed by atoms with van der Waals surface area (Å²) in [6.45, 7) is 2.22. The predicted octanol–water partition coefficient (Wildman–Crippen LogP) is 5.28. The van der Waals surface area contributed by atoms with E-state index in [2.05, 4.69) is 42.0 Å². The van der Waals surface area contributed by atoms with E-state index in [-0.39, 0.29) is 5.97 Å². The number of unbranched alkanes of at least 4 members (excludes halogenated alkanes) is 3. The third-order valence-electron chi connectivity index (χ3n) is 3.54. The molecule has 3 nitrogen and oxygen atoms in total. The number of methoxy groups -OCH3 is 1. The molecule has 0 aliphatic heterocycles.